The van der Waals surface area contributed by atoms with Crippen LogP contribution in [0.2, 0.25) is 0 Å². The van der Waals surface area contributed by atoms with Gasteiger partial charge in [0.2, 0.25) is 5.91 Å². The maximum atomic E-state index is 12.6. The minimum atomic E-state index is -0.903. The number of hydrogen-bond acceptors (Lipinski definition) is 4. The quantitative estimate of drug-likeness (QED) is 0.799. The summed E-state index contributed by atoms with van der Waals surface area (Å²) < 4.78 is 0. The van der Waals surface area contributed by atoms with Gasteiger partial charge in [-0.1, -0.05) is 12.1 Å². The molecule has 140 valence electrons. The van der Waals surface area contributed by atoms with Crippen LogP contribution in [0, 0.1) is 0 Å². The van der Waals surface area contributed by atoms with Crippen LogP contribution < -0.4 is 10.2 Å². The van der Waals surface area contributed by atoms with E-state index in [0.29, 0.717) is 16.8 Å². The number of imide groups is 1. The van der Waals surface area contributed by atoms with Crippen molar-refractivity contribution in [3.8, 4) is 0 Å². The van der Waals surface area contributed by atoms with Gasteiger partial charge in [0.25, 0.3) is 11.8 Å². The van der Waals surface area contributed by atoms with Gasteiger partial charge in [-0.15, -0.1) is 0 Å². The van der Waals surface area contributed by atoms with Crippen LogP contribution in [-0.2, 0) is 4.79 Å². The second kappa shape index (κ2) is 7.61. The number of carbonyl (C=O) groups excluding carboxylic acids is 3. The lowest BCUT2D eigenvalue weighted by Crippen LogP contribution is -2.45. The van der Waals surface area contributed by atoms with Crippen molar-refractivity contribution in [2.75, 3.05) is 23.3 Å². The fourth-order valence-electron chi connectivity index (χ4n) is 3.27. The fraction of sp³-hybridized carbons (Fsp3) is 0.286. The second-order valence-electron chi connectivity index (χ2n) is 6.41. The summed E-state index contributed by atoms with van der Waals surface area (Å²) >= 11 is 0. The molecule has 27 heavy (non-hydrogen) atoms. The third kappa shape index (κ3) is 3.43. The van der Waals surface area contributed by atoms with Gasteiger partial charge in [-0.3, -0.25) is 19.3 Å². The number of carbonyl (C=O) groups is 3. The van der Waals surface area contributed by atoms with Crippen LogP contribution in [0.15, 0.2) is 48.5 Å². The van der Waals surface area contributed by atoms with Crippen molar-refractivity contribution in [2.45, 2.75) is 26.8 Å². The van der Waals surface area contributed by atoms with Crippen molar-refractivity contribution in [2.24, 2.45) is 0 Å². The summed E-state index contributed by atoms with van der Waals surface area (Å²) in [5.41, 5.74) is 2.38. The van der Waals surface area contributed by atoms with E-state index in [1.807, 2.05) is 24.3 Å². The number of nitrogens with one attached hydrogen (secondary N) is 1. The minimum Gasteiger partial charge on any atom is -0.372 e. The normalized spacial score (nSPS) is 14.1. The Labute approximate surface area is 158 Å². The summed E-state index contributed by atoms with van der Waals surface area (Å²) in [5.74, 6) is -1.27. The smallest absolute Gasteiger partial charge is 0.262 e. The van der Waals surface area contributed by atoms with E-state index in [0.717, 1.165) is 23.7 Å². The van der Waals surface area contributed by atoms with E-state index in [2.05, 4.69) is 24.1 Å². The molecule has 1 N–H and O–H groups in total. The zero-order valence-electron chi connectivity index (χ0n) is 15.7. The molecule has 0 bridgehead atoms. The first kappa shape index (κ1) is 18.6. The molecule has 6 heteroatoms. The molecule has 0 radical (unpaired) electrons. The maximum absolute atomic E-state index is 12.6. The SMILES string of the molecule is CCN(CC)c1ccc(NC(=O)[C@@H](C)N2C(=O)c3ccccc3C2=O)cc1. The zero-order valence-corrected chi connectivity index (χ0v) is 15.7. The highest BCUT2D eigenvalue weighted by molar-refractivity contribution is 6.23. The summed E-state index contributed by atoms with van der Waals surface area (Å²) in [6.07, 6.45) is 0. The highest BCUT2D eigenvalue weighted by atomic mass is 16.2. The van der Waals surface area contributed by atoms with Crippen molar-refractivity contribution < 1.29 is 14.4 Å². The predicted molar refractivity (Wildman–Crippen MR) is 105 cm³/mol. The lowest BCUT2D eigenvalue weighted by atomic mass is 10.1. The average molecular weight is 365 g/mol. The van der Waals surface area contributed by atoms with Gasteiger partial charge in [-0.05, 0) is 57.2 Å². The molecule has 0 spiro atoms. The number of fused-ring (bicyclic) bond motifs is 1. The molecule has 1 aliphatic rings. The van der Waals surface area contributed by atoms with Gasteiger partial charge in [0, 0.05) is 24.5 Å². The van der Waals surface area contributed by atoms with Crippen LogP contribution in [0.3, 0.4) is 0 Å². The first-order chi connectivity index (χ1) is 13.0. The van der Waals surface area contributed by atoms with Crippen molar-refractivity contribution in [1.29, 1.82) is 0 Å². The van der Waals surface area contributed by atoms with E-state index in [4.69, 9.17) is 0 Å². The van der Waals surface area contributed by atoms with Gasteiger partial charge in [0.1, 0.15) is 6.04 Å². The molecule has 2 aromatic rings. The Morgan fingerprint density at radius 2 is 1.48 bits per heavy atom. The topological polar surface area (TPSA) is 69.7 Å². The molecule has 3 rings (SSSR count). The van der Waals surface area contributed by atoms with E-state index in [1.54, 1.807) is 31.2 Å². The fourth-order valence-corrected chi connectivity index (χ4v) is 3.27. The monoisotopic (exact) mass is 365 g/mol. The minimum absolute atomic E-state index is 0.339. The Balaban J connectivity index is 1.72. The van der Waals surface area contributed by atoms with E-state index < -0.39 is 23.8 Å². The van der Waals surface area contributed by atoms with Crippen molar-refractivity contribution in [3.05, 3.63) is 59.7 Å². The van der Waals surface area contributed by atoms with Crippen molar-refractivity contribution in [1.82, 2.24) is 4.90 Å². The molecule has 0 aliphatic carbocycles. The number of benzene rings is 2. The van der Waals surface area contributed by atoms with Crippen LogP contribution >= 0.6 is 0 Å². The number of amides is 3. The molecule has 0 saturated heterocycles. The Morgan fingerprint density at radius 3 is 1.96 bits per heavy atom. The molecule has 2 aromatic carbocycles. The third-order valence-electron chi connectivity index (χ3n) is 4.86. The molecule has 0 saturated carbocycles. The second-order valence-corrected chi connectivity index (χ2v) is 6.41. The van der Waals surface area contributed by atoms with E-state index >= 15 is 0 Å². The first-order valence-corrected chi connectivity index (χ1v) is 9.10. The lowest BCUT2D eigenvalue weighted by molar-refractivity contribution is -0.119. The lowest BCUT2D eigenvalue weighted by Gasteiger charge is -2.23. The molecule has 0 fully saturated rings. The van der Waals surface area contributed by atoms with Gasteiger partial charge in [-0.2, -0.15) is 0 Å². The molecule has 1 heterocycles. The Hall–Kier alpha value is -3.15. The molecule has 3 amide bonds. The summed E-state index contributed by atoms with van der Waals surface area (Å²) in [4.78, 5) is 40.8. The standard InChI is InChI=1S/C21H23N3O3/c1-4-23(5-2)16-12-10-15(11-13-16)22-19(25)14(3)24-20(26)17-8-6-7-9-18(17)21(24)27/h6-14H,4-5H2,1-3H3,(H,22,25)/t14-/m1/s1. The van der Waals surface area contributed by atoms with Crippen LogP contribution in [0.1, 0.15) is 41.5 Å². The number of rotatable bonds is 6. The number of anilines is 2. The van der Waals surface area contributed by atoms with Crippen molar-refractivity contribution >= 4 is 29.1 Å². The van der Waals surface area contributed by atoms with Gasteiger partial charge >= 0.3 is 0 Å². The third-order valence-corrected chi connectivity index (χ3v) is 4.86. The molecule has 1 aliphatic heterocycles. The first-order valence-electron chi connectivity index (χ1n) is 9.10. The van der Waals surface area contributed by atoms with E-state index in [1.165, 1.54) is 0 Å². The molecule has 6 nitrogen and oxygen atoms in total. The molecule has 0 unspecified atom stereocenters. The van der Waals surface area contributed by atoms with E-state index in [9.17, 15) is 14.4 Å². The van der Waals surface area contributed by atoms with Gasteiger partial charge in [0.05, 0.1) is 11.1 Å². The number of hydrogen-bond donors (Lipinski definition) is 1. The summed E-state index contributed by atoms with van der Waals surface area (Å²) in [7, 11) is 0. The van der Waals surface area contributed by atoms with Crippen molar-refractivity contribution in [3.63, 3.8) is 0 Å². The average Bonchev–Trinajstić information content (AvgIpc) is 2.94. The molecule has 0 aromatic heterocycles. The Morgan fingerprint density at radius 1 is 0.963 bits per heavy atom. The predicted octanol–water partition coefficient (Wildman–Crippen LogP) is 3.16. The Kier molecular flexibility index (Phi) is 5.26. The number of nitrogens with zero attached hydrogens (tertiary/aromatic N) is 2. The zero-order chi connectivity index (χ0) is 19.6. The summed E-state index contributed by atoms with van der Waals surface area (Å²) in [6, 6.07) is 13.2. The highest BCUT2D eigenvalue weighted by Gasteiger charge is 2.40. The molecular formula is C21H23N3O3. The van der Waals surface area contributed by atoms with Gasteiger partial charge in [-0.25, -0.2) is 0 Å². The largest absolute Gasteiger partial charge is 0.372 e. The summed E-state index contributed by atoms with van der Waals surface area (Å²) in [6.45, 7) is 7.53. The van der Waals surface area contributed by atoms with Crippen LogP contribution in [0.4, 0.5) is 11.4 Å². The highest BCUT2D eigenvalue weighted by Crippen LogP contribution is 2.25. The van der Waals surface area contributed by atoms with Crippen LogP contribution in [-0.4, -0.2) is 41.8 Å². The molecule has 1 atom stereocenters. The maximum Gasteiger partial charge on any atom is 0.262 e. The van der Waals surface area contributed by atoms with Gasteiger partial charge in [0.15, 0.2) is 0 Å². The Bertz CT molecular complexity index is 837. The van der Waals surface area contributed by atoms with Crippen LogP contribution in [0.5, 0.6) is 0 Å². The van der Waals surface area contributed by atoms with Crippen LogP contribution in [0.25, 0.3) is 0 Å². The molecular weight excluding hydrogens is 342 g/mol. The summed E-state index contributed by atoms with van der Waals surface area (Å²) in [5, 5.41) is 2.79. The van der Waals surface area contributed by atoms with E-state index in [-0.39, 0.29) is 0 Å². The van der Waals surface area contributed by atoms with Gasteiger partial charge < -0.3 is 10.2 Å².